The van der Waals surface area contributed by atoms with E-state index in [1.807, 2.05) is 12.1 Å². The number of benzene rings is 1. The summed E-state index contributed by atoms with van der Waals surface area (Å²) >= 11 is 0. The number of rotatable bonds is 5. The summed E-state index contributed by atoms with van der Waals surface area (Å²) in [6.45, 7) is 7.00. The Kier molecular flexibility index (Phi) is 4.62. The van der Waals surface area contributed by atoms with Gasteiger partial charge in [-0.25, -0.2) is 4.79 Å². The summed E-state index contributed by atoms with van der Waals surface area (Å²) in [7, 11) is 1.39. The van der Waals surface area contributed by atoms with Gasteiger partial charge in [0.05, 0.1) is 12.7 Å². The third-order valence-electron chi connectivity index (χ3n) is 5.06. The molecule has 1 unspecified atom stereocenters. The van der Waals surface area contributed by atoms with Crippen LogP contribution in [0.25, 0.3) is 0 Å². The molecule has 0 N–H and O–H groups in total. The SMILES string of the molecule is COC(=O)c1ccc(OC2CCN(CC3CC3)C(C)(C)C2)cc1. The fraction of sp³-hybridized carbons (Fsp3) is 0.632. The first kappa shape index (κ1) is 16.3. The standard InChI is InChI=1S/C19H27NO3/c1-19(2)12-17(10-11-20(19)13-14-4-5-14)23-16-8-6-15(7-9-16)18(21)22-3/h6-9,14,17H,4-5,10-13H2,1-3H3. The number of likely N-dealkylation sites (tertiary alicyclic amines) is 1. The number of piperidine rings is 1. The molecule has 1 saturated heterocycles. The van der Waals surface area contributed by atoms with Gasteiger partial charge < -0.3 is 9.47 Å². The molecule has 2 fully saturated rings. The lowest BCUT2D eigenvalue weighted by Crippen LogP contribution is -2.53. The van der Waals surface area contributed by atoms with Gasteiger partial charge in [0, 0.05) is 25.0 Å². The number of methoxy groups -OCH3 is 1. The predicted octanol–water partition coefficient (Wildman–Crippen LogP) is 3.51. The Morgan fingerprint density at radius 1 is 1.22 bits per heavy atom. The fourth-order valence-electron chi connectivity index (χ4n) is 3.42. The number of hydrogen-bond acceptors (Lipinski definition) is 4. The molecule has 3 rings (SSSR count). The highest BCUT2D eigenvalue weighted by molar-refractivity contribution is 5.89. The van der Waals surface area contributed by atoms with Gasteiger partial charge in [-0.15, -0.1) is 0 Å². The minimum atomic E-state index is -0.314. The Hall–Kier alpha value is -1.55. The molecule has 23 heavy (non-hydrogen) atoms. The molecular weight excluding hydrogens is 290 g/mol. The van der Waals surface area contributed by atoms with Crippen molar-refractivity contribution >= 4 is 5.97 Å². The summed E-state index contributed by atoms with van der Waals surface area (Å²) in [6, 6.07) is 7.23. The lowest BCUT2D eigenvalue weighted by Gasteiger charge is -2.45. The van der Waals surface area contributed by atoms with Gasteiger partial charge in [-0.05, 0) is 63.3 Å². The Morgan fingerprint density at radius 2 is 1.91 bits per heavy atom. The molecule has 0 spiro atoms. The molecule has 1 heterocycles. The van der Waals surface area contributed by atoms with E-state index in [1.54, 1.807) is 12.1 Å². The van der Waals surface area contributed by atoms with E-state index in [-0.39, 0.29) is 17.6 Å². The fourth-order valence-corrected chi connectivity index (χ4v) is 3.42. The van der Waals surface area contributed by atoms with Gasteiger partial charge in [0.25, 0.3) is 0 Å². The highest BCUT2D eigenvalue weighted by Crippen LogP contribution is 2.36. The average Bonchev–Trinajstić information content (AvgIpc) is 3.34. The number of ether oxygens (including phenoxy) is 2. The highest BCUT2D eigenvalue weighted by Gasteiger charge is 2.38. The van der Waals surface area contributed by atoms with E-state index in [2.05, 4.69) is 18.7 Å². The maximum atomic E-state index is 11.5. The van der Waals surface area contributed by atoms with E-state index < -0.39 is 0 Å². The van der Waals surface area contributed by atoms with Gasteiger partial charge in [-0.3, -0.25) is 4.90 Å². The Bertz CT molecular complexity index is 548. The van der Waals surface area contributed by atoms with Gasteiger partial charge in [0.2, 0.25) is 0 Å². The Morgan fingerprint density at radius 3 is 2.48 bits per heavy atom. The van der Waals surface area contributed by atoms with Crippen molar-refractivity contribution in [1.29, 1.82) is 0 Å². The largest absolute Gasteiger partial charge is 0.490 e. The first-order chi connectivity index (χ1) is 11.0. The van der Waals surface area contributed by atoms with E-state index >= 15 is 0 Å². The van der Waals surface area contributed by atoms with Crippen molar-refractivity contribution in [2.24, 2.45) is 5.92 Å². The lowest BCUT2D eigenvalue weighted by molar-refractivity contribution is 0.00604. The number of carbonyl (C=O) groups is 1. The average molecular weight is 317 g/mol. The van der Waals surface area contributed by atoms with Crippen LogP contribution in [0.15, 0.2) is 24.3 Å². The Labute approximate surface area is 138 Å². The van der Waals surface area contributed by atoms with Crippen LogP contribution in [-0.4, -0.2) is 42.7 Å². The zero-order valence-electron chi connectivity index (χ0n) is 14.4. The van der Waals surface area contributed by atoms with Crippen LogP contribution in [0.3, 0.4) is 0 Å². The van der Waals surface area contributed by atoms with E-state index in [0.717, 1.165) is 31.1 Å². The van der Waals surface area contributed by atoms with Crippen LogP contribution in [0.5, 0.6) is 5.75 Å². The number of nitrogens with zero attached hydrogens (tertiary/aromatic N) is 1. The van der Waals surface area contributed by atoms with Gasteiger partial charge in [0.1, 0.15) is 11.9 Å². The third-order valence-corrected chi connectivity index (χ3v) is 5.06. The molecule has 0 radical (unpaired) electrons. The topological polar surface area (TPSA) is 38.8 Å². The van der Waals surface area contributed by atoms with Gasteiger partial charge >= 0.3 is 5.97 Å². The van der Waals surface area contributed by atoms with Crippen LogP contribution in [0.4, 0.5) is 0 Å². The van der Waals surface area contributed by atoms with Crippen LogP contribution < -0.4 is 4.74 Å². The number of carbonyl (C=O) groups excluding carboxylic acids is 1. The quantitative estimate of drug-likeness (QED) is 0.779. The van der Waals surface area contributed by atoms with E-state index in [9.17, 15) is 4.79 Å². The second-order valence-electron chi connectivity index (χ2n) is 7.45. The molecule has 0 amide bonds. The number of esters is 1. The van der Waals surface area contributed by atoms with Crippen LogP contribution in [0, 0.1) is 5.92 Å². The van der Waals surface area contributed by atoms with Crippen molar-refractivity contribution in [3.63, 3.8) is 0 Å². The molecule has 2 aliphatic rings. The molecule has 1 aromatic rings. The highest BCUT2D eigenvalue weighted by atomic mass is 16.5. The minimum Gasteiger partial charge on any atom is -0.490 e. The molecule has 1 atom stereocenters. The van der Waals surface area contributed by atoms with Crippen LogP contribution in [-0.2, 0) is 4.74 Å². The molecule has 4 nitrogen and oxygen atoms in total. The molecule has 1 aliphatic heterocycles. The summed E-state index contributed by atoms with van der Waals surface area (Å²) in [5.74, 6) is 1.44. The molecule has 1 saturated carbocycles. The molecule has 1 aliphatic carbocycles. The molecular formula is C19H27NO3. The van der Waals surface area contributed by atoms with E-state index in [0.29, 0.717) is 5.56 Å². The second-order valence-corrected chi connectivity index (χ2v) is 7.45. The first-order valence-electron chi connectivity index (χ1n) is 8.58. The molecule has 0 aromatic heterocycles. The predicted molar refractivity (Wildman–Crippen MR) is 89.8 cm³/mol. The summed E-state index contributed by atoms with van der Waals surface area (Å²) < 4.78 is 10.9. The molecule has 4 heteroatoms. The zero-order chi connectivity index (χ0) is 16.4. The normalized spacial score (nSPS) is 24.2. The maximum Gasteiger partial charge on any atom is 0.337 e. The smallest absolute Gasteiger partial charge is 0.337 e. The minimum absolute atomic E-state index is 0.192. The van der Waals surface area contributed by atoms with E-state index in [1.165, 1.54) is 26.5 Å². The third kappa shape index (κ3) is 4.05. The van der Waals surface area contributed by atoms with Gasteiger partial charge in [-0.1, -0.05) is 0 Å². The van der Waals surface area contributed by atoms with Crippen LogP contribution in [0.2, 0.25) is 0 Å². The summed E-state index contributed by atoms with van der Waals surface area (Å²) in [6.07, 6.45) is 5.15. The van der Waals surface area contributed by atoms with Gasteiger partial charge in [-0.2, -0.15) is 0 Å². The summed E-state index contributed by atoms with van der Waals surface area (Å²) in [5.41, 5.74) is 0.747. The van der Waals surface area contributed by atoms with Crippen LogP contribution in [0.1, 0.15) is 49.9 Å². The van der Waals surface area contributed by atoms with Crippen molar-refractivity contribution in [3.05, 3.63) is 29.8 Å². The lowest BCUT2D eigenvalue weighted by atomic mass is 9.88. The second kappa shape index (κ2) is 6.52. The Balaban J connectivity index is 1.57. The van der Waals surface area contributed by atoms with Gasteiger partial charge in [0.15, 0.2) is 0 Å². The maximum absolute atomic E-state index is 11.5. The number of hydrogen-bond donors (Lipinski definition) is 0. The molecule has 126 valence electrons. The summed E-state index contributed by atoms with van der Waals surface area (Å²) in [4.78, 5) is 14.1. The van der Waals surface area contributed by atoms with Crippen LogP contribution >= 0.6 is 0 Å². The van der Waals surface area contributed by atoms with Crippen molar-refractivity contribution in [2.45, 2.75) is 51.2 Å². The van der Waals surface area contributed by atoms with Crippen molar-refractivity contribution in [1.82, 2.24) is 4.90 Å². The monoisotopic (exact) mass is 317 g/mol. The summed E-state index contributed by atoms with van der Waals surface area (Å²) in [5, 5.41) is 0. The zero-order valence-corrected chi connectivity index (χ0v) is 14.4. The van der Waals surface area contributed by atoms with Crippen molar-refractivity contribution in [2.75, 3.05) is 20.2 Å². The molecule has 0 bridgehead atoms. The van der Waals surface area contributed by atoms with Crippen molar-refractivity contribution < 1.29 is 14.3 Å². The molecule has 1 aromatic carbocycles. The van der Waals surface area contributed by atoms with E-state index in [4.69, 9.17) is 9.47 Å². The first-order valence-corrected chi connectivity index (χ1v) is 8.58. The van der Waals surface area contributed by atoms with Crippen molar-refractivity contribution in [3.8, 4) is 5.75 Å².